The molecular formula is C35H27N3O3S. The van der Waals surface area contributed by atoms with Crippen molar-refractivity contribution < 1.29 is 15.0 Å². The molecule has 0 fully saturated rings. The maximum absolute atomic E-state index is 13.7. The average Bonchev–Trinajstić information content (AvgIpc) is 3.63. The molecule has 0 bridgehead atoms. The fourth-order valence-electron chi connectivity index (χ4n) is 5.53. The van der Waals surface area contributed by atoms with E-state index < -0.39 is 0 Å². The zero-order valence-corrected chi connectivity index (χ0v) is 23.5. The summed E-state index contributed by atoms with van der Waals surface area (Å²) in [6.07, 6.45) is 4.00. The molecule has 5 aromatic rings. The van der Waals surface area contributed by atoms with Crippen molar-refractivity contribution in [3.8, 4) is 21.9 Å². The van der Waals surface area contributed by atoms with Crippen molar-refractivity contribution in [1.82, 2.24) is 0 Å². The van der Waals surface area contributed by atoms with Gasteiger partial charge in [0.25, 0.3) is 5.91 Å². The molecule has 7 rings (SSSR count). The SMILES string of the molecule is O=C1C(=Cc2ccc(-c3ccc4c(c3)CCCN4c3ccccc3)s2)C(c2ccc(O)c(O)c2)=NN1c1ccccc1. The molecule has 0 radical (unpaired) electrons. The fourth-order valence-corrected chi connectivity index (χ4v) is 6.47. The molecule has 3 heterocycles. The van der Waals surface area contributed by atoms with Crippen molar-refractivity contribution in [2.45, 2.75) is 12.8 Å². The second kappa shape index (κ2) is 10.7. The molecule has 2 N–H and O–H groups in total. The Kier molecular flexibility index (Phi) is 6.56. The summed E-state index contributed by atoms with van der Waals surface area (Å²) in [7, 11) is 0. The van der Waals surface area contributed by atoms with Crippen LogP contribution in [0.5, 0.6) is 11.5 Å². The standard InChI is InChI=1S/C35H27N3O3S/c39-31-17-14-25(21-32(31)40)34-29(35(41)38(36-34)27-11-5-2-6-12-27)22-28-15-18-33(42-28)24-13-16-30-23(20-24)8-7-19-37(30)26-9-3-1-4-10-26/h1-6,9-18,20-22,39-40H,7-8,19H2. The van der Waals surface area contributed by atoms with Gasteiger partial charge in [0.2, 0.25) is 0 Å². The van der Waals surface area contributed by atoms with Crippen molar-refractivity contribution in [3.05, 3.63) is 131 Å². The van der Waals surface area contributed by atoms with E-state index in [4.69, 9.17) is 0 Å². The van der Waals surface area contributed by atoms with Gasteiger partial charge >= 0.3 is 0 Å². The van der Waals surface area contributed by atoms with Gasteiger partial charge in [-0.25, -0.2) is 0 Å². The Balaban J connectivity index is 1.23. The number of aryl methyl sites for hydroxylation is 1. The Morgan fingerprint density at radius 1 is 0.762 bits per heavy atom. The minimum atomic E-state index is -0.267. The summed E-state index contributed by atoms with van der Waals surface area (Å²) in [5, 5.41) is 26.0. The van der Waals surface area contributed by atoms with Gasteiger partial charge < -0.3 is 15.1 Å². The first-order chi connectivity index (χ1) is 20.5. The summed E-state index contributed by atoms with van der Waals surface area (Å²) in [5.41, 5.74) is 6.99. The van der Waals surface area contributed by atoms with Crippen molar-refractivity contribution in [2.75, 3.05) is 16.5 Å². The van der Waals surface area contributed by atoms with E-state index in [0.29, 0.717) is 22.5 Å². The number of phenolic OH excluding ortho intramolecular Hbond substituents is 2. The molecule has 4 aromatic carbocycles. The molecule has 0 atom stereocenters. The molecule has 1 amide bonds. The molecule has 0 saturated carbocycles. The van der Waals surface area contributed by atoms with Crippen molar-refractivity contribution >= 4 is 46.1 Å². The number of carbonyl (C=O) groups excluding carboxylic acids is 1. The molecule has 42 heavy (non-hydrogen) atoms. The molecule has 0 saturated heterocycles. The summed E-state index contributed by atoms with van der Waals surface area (Å²) in [4.78, 5) is 18.1. The van der Waals surface area contributed by atoms with Gasteiger partial charge in [-0.3, -0.25) is 4.79 Å². The number of thiophene rings is 1. The maximum atomic E-state index is 13.7. The Morgan fingerprint density at radius 3 is 2.26 bits per heavy atom. The zero-order valence-electron chi connectivity index (χ0n) is 22.6. The molecule has 2 aliphatic heterocycles. The van der Waals surface area contributed by atoms with Crippen LogP contribution in [0.1, 0.15) is 22.4 Å². The number of fused-ring (bicyclic) bond motifs is 1. The Morgan fingerprint density at radius 2 is 1.50 bits per heavy atom. The predicted octanol–water partition coefficient (Wildman–Crippen LogP) is 7.75. The van der Waals surface area contributed by atoms with Gasteiger partial charge in [0, 0.05) is 33.2 Å². The summed E-state index contributed by atoms with van der Waals surface area (Å²) < 4.78 is 0. The topological polar surface area (TPSA) is 76.4 Å². The van der Waals surface area contributed by atoms with E-state index in [1.807, 2.05) is 48.5 Å². The van der Waals surface area contributed by atoms with Crippen LogP contribution in [-0.2, 0) is 11.2 Å². The number of amides is 1. The highest BCUT2D eigenvalue weighted by molar-refractivity contribution is 7.16. The average molecular weight is 570 g/mol. The number of benzene rings is 4. The molecular weight excluding hydrogens is 542 g/mol. The highest BCUT2D eigenvalue weighted by Gasteiger charge is 2.32. The molecule has 6 nitrogen and oxygen atoms in total. The third-order valence-corrected chi connectivity index (χ3v) is 8.67. The number of hydrogen-bond donors (Lipinski definition) is 2. The maximum Gasteiger partial charge on any atom is 0.281 e. The lowest BCUT2D eigenvalue weighted by molar-refractivity contribution is -0.114. The van der Waals surface area contributed by atoms with Gasteiger partial charge in [-0.15, -0.1) is 11.3 Å². The summed E-state index contributed by atoms with van der Waals surface area (Å²) in [5.74, 6) is -0.751. The van der Waals surface area contributed by atoms with Gasteiger partial charge in [0.15, 0.2) is 11.5 Å². The summed E-state index contributed by atoms with van der Waals surface area (Å²) in [6.45, 7) is 1.00. The first-order valence-electron chi connectivity index (χ1n) is 13.8. The van der Waals surface area contributed by atoms with Crippen LogP contribution in [0.3, 0.4) is 0 Å². The van der Waals surface area contributed by atoms with Crippen LogP contribution >= 0.6 is 11.3 Å². The highest BCUT2D eigenvalue weighted by atomic mass is 32.1. The van der Waals surface area contributed by atoms with Crippen LogP contribution in [0.4, 0.5) is 17.1 Å². The quantitative estimate of drug-likeness (QED) is 0.168. The summed E-state index contributed by atoms with van der Waals surface area (Å²) in [6, 6.07) is 35.0. The Hall–Kier alpha value is -5.14. The number of hydrogen-bond acceptors (Lipinski definition) is 6. The van der Waals surface area contributed by atoms with Crippen LogP contribution in [0, 0.1) is 0 Å². The van der Waals surface area contributed by atoms with Crippen LogP contribution < -0.4 is 9.91 Å². The van der Waals surface area contributed by atoms with E-state index >= 15 is 0 Å². The second-order valence-electron chi connectivity index (χ2n) is 10.3. The molecule has 7 heteroatoms. The van der Waals surface area contributed by atoms with E-state index in [2.05, 4.69) is 58.5 Å². The largest absolute Gasteiger partial charge is 0.504 e. The number of phenols is 2. The van der Waals surface area contributed by atoms with E-state index in [-0.39, 0.29) is 17.4 Å². The van der Waals surface area contributed by atoms with Crippen LogP contribution in [0.25, 0.3) is 16.5 Å². The molecule has 1 aromatic heterocycles. The second-order valence-corrected chi connectivity index (χ2v) is 11.4. The van der Waals surface area contributed by atoms with Gasteiger partial charge in [0.05, 0.1) is 11.3 Å². The number of para-hydroxylation sites is 2. The molecule has 206 valence electrons. The highest BCUT2D eigenvalue weighted by Crippen LogP contribution is 2.39. The van der Waals surface area contributed by atoms with Crippen molar-refractivity contribution in [1.29, 1.82) is 0 Å². The third kappa shape index (κ3) is 4.74. The number of hydrazone groups is 1. The normalized spacial score (nSPS) is 15.7. The van der Waals surface area contributed by atoms with E-state index in [9.17, 15) is 15.0 Å². The lowest BCUT2D eigenvalue weighted by atomic mass is 9.98. The summed E-state index contributed by atoms with van der Waals surface area (Å²) >= 11 is 1.62. The fraction of sp³-hybridized carbons (Fsp3) is 0.0857. The van der Waals surface area contributed by atoms with Gasteiger partial charge in [0.1, 0.15) is 5.71 Å². The first-order valence-corrected chi connectivity index (χ1v) is 14.6. The number of nitrogens with zero attached hydrogens (tertiary/aromatic N) is 3. The minimum Gasteiger partial charge on any atom is -0.504 e. The number of anilines is 3. The van der Waals surface area contributed by atoms with Crippen LogP contribution in [-0.4, -0.2) is 28.4 Å². The zero-order chi connectivity index (χ0) is 28.6. The van der Waals surface area contributed by atoms with Crippen LogP contribution in [0.15, 0.2) is 120 Å². The van der Waals surface area contributed by atoms with Gasteiger partial charge in [-0.2, -0.15) is 10.1 Å². The Labute approximate surface area is 247 Å². The predicted molar refractivity (Wildman–Crippen MR) is 170 cm³/mol. The molecule has 0 unspecified atom stereocenters. The smallest absolute Gasteiger partial charge is 0.281 e. The van der Waals surface area contributed by atoms with Gasteiger partial charge in [-0.1, -0.05) is 42.5 Å². The number of carbonyl (C=O) groups is 1. The van der Waals surface area contributed by atoms with E-state index in [1.165, 1.54) is 34.1 Å². The van der Waals surface area contributed by atoms with Crippen molar-refractivity contribution in [3.63, 3.8) is 0 Å². The van der Waals surface area contributed by atoms with E-state index in [1.54, 1.807) is 17.4 Å². The monoisotopic (exact) mass is 569 g/mol. The lowest BCUT2D eigenvalue weighted by Crippen LogP contribution is -2.24. The lowest BCUT2D eigenvalue weighted by Gasteiger charge is -2.31. The number of aromatic hydroxyl groups is 2. The minimum absolute atomic E-state index is 0.228. The number of rotatable bonds is 5. The van der Waals surface area contributed by atoms with Crippen LogP contribution in [0.2, 0.25) is 0 Å². The van der Waals surface area contributed by atoms with Crippen molar-refractivity contribution in [2.24, 2.45) is 5.10 Å². The Bertz CT molecular complexity index is 1860. The third-order valence-electron chi connectivity index (χ3n) is 7.59. The molecule has 0 aliphatic carbocycles. The molecule has 2 aliphatic rings. The van der Waals surface area contributed by atoms with E-state index in [0.717, 1.165) is 34.7 Å². The molecule has 0 spiro atoms. The first kappa shape index (κ1) is 25.8. The van der Waals surface area contributed by atoms with Gasteiger partial charge in [-0.05, 0) is 96.8 Å².